The zero-order valence-electron chi connectivity index (χ0n) is 13.5. The molecule has 21 heavy (non-hydrogen) atoms. The summed E-state index contributed by atoms with van der Waals surface area (Å²) in [5, 5.41) is 3.07. The predicted molar refractivity (Wildman–Crippen MR) is 87.7 cm³/mol. The number of rotatable bonds is 5. The Labute approximate surface area is 128 Å². The fourth-order valence-electron chi connectivity index (χ4n) is 2.88. The summed E-state index contributed by atoms with van der Waals surface area (Å²) in [6, 6.07) is 6.09. The third-order valence-corrected chi connectivity index (χ3v) is 4.12. The molecule has 0 bridgehead atoms. The van der Waals surface area contributed by atoms with Crippen molar-refractivity contribution in [1.29, 1.82) is 0 Å². The highest BCUT2D eigenvalue weighted by molar-refractivity contribution is 5.93. The molecule has 1 aromatic carbocycles. The molecule has 1 aliphatic rings. The van der Waals surface area contributed by atoms with E-state index in [1.807, 2.05) is 32.0 Å². The maximum Gasteiger partial charge on any atom is 0.238 e. The Hall–Kier alpha value is -1.39. The van der Waals surface area contributed by atoms with E-state index in [2.05, 4.69) is 22.0 Å². The molecule has 2 rings (SSSR count). The third-order valence-electron chi connectivity index (χ3n) is 4.12. The fraction of sp³-hybridized carbons (Fsp3) is 0.588. The standard InChI is InChI=1S/C17H27N3O/c1-4-8-19-9-11-20(12-10-19)13-16(21)18-17-14(2)6-5-7-15(17)3/h5-7H,4,8-13H2,1-3H3,(H,18,21). The van der Waals surface area contributed by atoms with Crippen LogP contribution in [0.25, 0.3) is 0 Å². The van der Waals surface area contributed by atoms with Crippen molar-refractivity contribution in [2.75, 3.05) is 44.6 Å². The molecule has 1 amide bonds. The number of para-hydroxylation sites is 1. The van der Waals surface area contributed by atoms with E-state index in [4.69, 9.17) is 0 Å². The molecule has 0 saturated carbocycles. The van der Waals surface area contributed by atoms with Gasteiger partial charge in [0.1, 0.15) is 0 Å². The first-order chi connectivity index (χ1) is 10.1. The number of aryl methyl sites for hydroxylation is 2. The summed E-state index contributed by atoms with van der Waals surface area (Å²) in [7, 11) is 0. The van der Waals surface area contributed by atoms with Crippen molar-refractivity contribution in [3.05, 3.63) is 29.3 Å². The average Bonchev–Trinajstić information content (AvgIpc) is 2.45. The van der Waals surface area contributed by atoms with Crippen LogP contribution in [0.5, 0.6) is 0 Å². The highest BCUT2D eigenvalue weighted by atomic mass is 16.2. The van der Waals surface area contributed by atoms with E-state index in [9.17, 15) is 4.79 Å². The maximum atomic E-state index is 12.2. The Morgan fingerprint density at radius 3 is 2.24 bits per heavy atom. The van der Waals surface area contributed by atoms with Crippen LogP contribution in [0.3, 0.4) is 0 Å². The van der Waals surface area contributed by atoms with Gasteiger partial charge in [-0.25, -0.2) is 0 Å². The van der Waals surface area contributed by atoms with E-state index in [1.54, 1.807) is 0 Å². The molecule has 4 heteroatoms. The number of nitrogens with one attached hydrogen (secondary N) is 1. The van der Waals surface area contributed by atoms with Gasteiger partial charge in [-0.1, -0.05) is 25.1 Å². The molecule has 0 aliphatic carbocycles. The van der Waals surface area contributed by atoms with Gasteiger partial charge < -0.3 is 10.2 Å². The molecule has 1 saturated heterocycles. The number of hydrogen-bond donors (Lipinski definition) is 1. The topological polar surface area (TPSA) is 35.6 Å². The zero-order valence-corrected chi connectivity index (χ0v) is 13.5. The van der Waals surface area contributed by atoms with Gasteiger partial charge in [0.05, 0.1) is 6.54 Å². The highest BCUT2D eigenvalue weighted by Crippen LogP contribution is 2.19. The van der Waals surface area contributed by atoms with Gasteiger partial charge in [0.15, 0.2) is 0 Å². The largest absolute Gasteiger partial charge is 0.324 e. The van der Waals surface area contributed by atoms with Crippen molar-refractivity contribution in [3.8, 4) is 0 Å². The lowest BCUT2D eigenvalue weighted by molar-refractivity contribution is -0.117. The predicted octanol–water partition coefficient (Wildman–Crippen LogP) is 2.27. The molecule has 116 valence electrons. The maximum absolute atomic E-state index is 12.2. The second kappa shape index (κ2) is 7.57. The molecule has 1 N–H and O–H groups in total. The number of hydrogen-bond acceptors (Lipinski definition) is 3. The van der Waals surface area contributed by atoms with Gasteiger partial charge in [-0.2, -0.15) is 0 Å². The molecule has 0 radical (unpaired) electrons. The molecule has 1 heterocycles. The minimum absolute atomic E-state index is 0.0938. The second-order valence-corrected chi connectivity index (χ2v) is 5.93. The van der Waals surface area contributed by atoms with Gasteiger partial charge in [-0.15, -0.1) is 0 Å². The van der Waals surface area contributed by atoms with Crippen LogP contribution in [0.1, 0.15) is 24.5 Å². The van der Waals surface area contributed by atoms with Gasteiger partial charge in [0, 0.05) is 31.9 Å². The lowest BCUT2D eigenvalue weighted by atomic mass is 10.1. The van der Waals surface area contributed by atoms with Crippen LogP contribution < -0.4 is 5.32 Å². The first-order valence-corrected chi connectivity index (χ1v) is 7.91. The Morgan fingerprint density at radius 2 is 1.67 bits per heavy atom. The molecule has 0 spiro atoms. The minimum Gasteiger partial charge on any atom is -0.324 e. The number of carbonyl (C=O) groups is 1. The van der Waals surface area contributed by atoms with Crippen LogP contribution in [0, 0.1) is 13.8 Å². The summed E-state index contributed by atoms with van der Waals surface area (Å²) in [6.07, 6.45) is 1.20. The van der Waals surface area contributed by atoms with E-state index < -0.39 is 0 Å². The van der Waals surface area contributed by atoms with Crippen LogP contribution in [-0.4, -0.2) is 55.0 Å². The number of benzene rings is 1. The fourth-order valence-corrected chi connectivity index (χ4v) is 2.88. The molecule has 0 aromatic heterocycles. The Bertz CT molecular complexity index is 459. The van der Waals surface area contributed by atoms with Crippen molar-refractivity contribution in [3.63, 3.8) is 0 Å². The Balaban J connectivity index is 1.83. The molecular formula is C17H27N3O. The quantitative estimate of drug-likeness (QED) is 0.903. The Morgan fingerprint density at radius 1 is 1.10 bits per heavy atom. The first-order valence-electron chi connectivity index (χ1n) is 7.91. The van der Waals surface area contributed by atoms with E-state index >= 15 is 0 Å². The molecule has 1 fully saturated rings. The summed E-state index contributed by atoms with van der Waals surface area (Å²) in [5.74, 6) is 0.0938. The summed E-state index contributed by atoms with van der Waals surface area (Å²) in [4.78, 5) is 16.9. The van der Waals surface area contributed by atoms with Crippen molar-refractivity contribution in [2.24, 2.45) is 0 Å². The third kappa shape index (κ3) is 4.55. The summed E-state index contributed by atoms with van der Waals surface area (Å²) in [5.41, 5.74) is 3.21. The van der Waals surface area contributed by atoms with Gasteiger partial charge in [0.2, 0.25) is 5.91 Å². The van der Waals surface area contributed by atoms with Crippen molar-refractivity contribution < 1.29 is 4.79 Å². The highest BCUT2D eigenvalue weighted by Gasteiger charge is 2.18. The summed E-state index contributed by atoms with van der Waals surface area (Å²) in [6.45, 7) is 12.1. The van der Waals surface area contributed by atoms with Gasteiger partial charge in [-0.3, -0.25) is 9.69 Å². The van der Waals surface area contributed by atoms with Crippen LogP contribution in [0.2, 0.25) is 0 Å². The lowest BCUT2D eigenvalue weighted by Crippen LogP contribution is -2.48. The van der Waals surface area contributed by atoms with Crippen LogP contribution >= 0.6 is 0 Å². The van der Waals surface area contributed by atoms with Crippen LogP contribution in [-0.2, 0) is 4.79 Å². The Kier molecular flexibility index (Phi) is 5.76. The van der Waals surface area contributed by atoms with E-state index in [0.29, 0.717) is 6.54 Å². The molecule has 0 atom stereocenters. The van der Waals surface area contributed by atoms with Gasteiger partial charge in [-0.05, 0) is 37.9 Å². The van der Waals surface area contributed by atoms with Crippen molar-refractivity contribution in [1.82, 2.24) is 9.80 Å². The minimum atomic E-state index is 0.0938. The van der Waals surface area contributed by atoms with E-state index in [-0.39, 0.29) is 5.91 Å². The molecule has 4 nitrogen and oxygen atoms in total. The molecular weight excluding hydrogens is 262 g/mol. The average molecular weight is 289 g/mol. The van der Waals surface area contributed by atoms with E-state index in [0.717, 1.165) is 43.0 Å². The van der Waals surface area contributed by atoms with Crippen LogP contribution in [0.4, 0.5) is 5.69 Å². The zero-order chi connectivity index (χ0) is 15.2. The molecule has 0 unspecified atom stereocenters. The normalized spacial score (nSPS) is 16.9. The first kappa shape index (κ1) is 16.0. The summed E-state index contributed by atoms with van der Waals surface area (Å²) >= 11 is 0. The smallest absolute Gasteiger partial charge is 0.238 e. The monoisotopic (exact) mass is 289 g/mol. The lowest BCUT2D eigenvalue weighted by Gasteiger charge is -2.34. The van der Waals surface area contributed by atoms with Crippen LogP contribution in [0.15, 0.2) is 18.2 Å². The second-order valence-electron chi connectivity index (χ2n) is 5.93. The number of amides is 1. The van der Waals surface area contributed by atoms with Gasteiger partial charge >= 0.3 is 0 Å². The molecule has 1 aliphatic heterocycles. The molecule has 1 aromatic rings. The number of nitrogens with zero attached hydrogens (tertiary/aromatic N) is 2. The number of anilines is 1. The van der Waals surface area contributed by atoms with Crippen molar-refractivity contribution >= 4 is 11.6 Å². The van der Waals surface area contributed by atoms with Gasteiger partial charge in [0.25, 0.3) is 0 Å². The number of carbonyl (C=O) groups excluding carboxylic acids is 1. The summed E-state index contributed by atoms with van der Waals surface area (Å²) < 4.78 is 0. The van der Waals surface area contributed by atoms with E-state index in [1.165, 1.54) is 13.0 Å². The van der Waals surface area contributed by atoms with Crippen molar-refractivity contribution in [2.45, 2.75) is 27.2 Å². The SMILES string of the molecule is CCCN1CCN(CC(=O)Nc2c(C)cccc2C)CC1. The number of piperazine rings is 1.